The first-order valence-corrected chi connectivity index (χ1v) is 10.1. The first-order valence-electron chi connectivity index (χ1n) is 9.72. The van der Waals surface area contributed by atoms with E-state index >= 15 is 0 Å². The second-order valence-electron chi connectivity index (χ2n) is 6.69. The van der Waals surface area contributed by atoms with Gasteiger partial charge in [0.1, 0.15) is 0 Å². The lowest BCUT2D eigenvalue weighted by Crippen LogP contribution is -2.31. The molecule has 24 heavy (non-hydrogen) atoms. The van der Waals surface area contributed by atoms with Crippen LogP contribution < -0.4 is 0 Å². The van der Waals surface area contributed by atoms with Crippen LogP contribution in [0.5, 0.6) is 0 Å². The Morgan fingerprint density at radius 2 is 1.21 bits per heavy atom. The highest BCUT2D eigenvalue weighted by Gasteiger charge is 2.38. The smallest absolute Gasteiger partial charge is 0.353 e. The number of carbonyl (C=O) groups is 1. The number of unbranched alkanes of at least 4 members (excludes halogenated alkanes) is 13. The summed E-state index contributed by atoms with van der Waals surface area (Å²) < 4.78 is 4.51. The summed E-state index contributed by atoms with van der Waals surface area (Å²) in [5.41, 5.74) is 0. The molecule has 0 spiro atoms. The van der Waals surface area contributed by atoms with Gasteiger partial charge in [-0.15, -0.1) is 4.91 Å². The van der Waals surface area contributed by atoms with E-state index in [1.54, 1.807) is 0 Å². The lowest BCUT2D eigenvalue weighted by molar-refractivity contribution is -0.143. The second-order valence-corrected chi connectivity index (χ2v) is 7.31. The molecule has 5 heteroatoms. The summed E-state index contributed by atoms with van der Waals surface area (Å²) in [6.07, 6.45) is 17.8. The Kier molecular flexibility index (Phi) is 15.4. The molecular weight excluding hydrogens is 326 g/mol. The zero-order valence-electron chi connectivity index (χ0n) is 15.7. The summed E-state index contributed by atoms with van der Waals surface area (Å²) in [6.45, 7) is 2.25. The molecule has 4 nitrogen and oxygen atoms in total. The Labute approximate surface area is 153 Å². The first kappa shape index (κ1) is 23.4. The van der Waals surface area contributed by atoms with Gasteiger partial charge >= 0.3 is 5.97 Å². The Bertz CT molecular complexity index is 326. The minimum Gasteiger partial charge on any atom is -0.466 e. The van der Waals surface area contributed by atoms with Gasteiger partial charge in [0.25, 0.3) is 5.00 Å². The molecule has 1 atom stereocenters. The molecule has 0 rings (SSSR count). The summed E-state index contributed by atoms with van der Waals surface area (Å²) in [4.78, 5) is 20.4. The zero-order valence-corrected chi connectivity index (χ0v) is 16.4. The molecule has 0 aliphatic rings. The number of ether oxygens (including phenoxy) is 1. The summed E-state index contributed by atoms with van der Waals surface area (Å²) in [7, 11) is 1.22. The maximum Gasteiger partial charge on any atom is 0.353 e. The van der Waals surface area contributed by atoms with Crippen LogP contribution in [0.15, 0.2) is 5.18 Å². The van der Waals surface area contributed by atoms with Gasteiger partial charge in [-0.2, -0.15) is 0 Å². The molecule has 0 aliphatic carbocycles. The van der Waals surface area contributed by atoms with Crippen LogP contribution in [0, 0.1) is 4.91 Å². The number of carbonyl (C=O) groups excluding carboxylic acids is 1. The third-order valence-electron chi connectivity index (χ3n) is 4.50. The summed E-state index contributed by atoms with van der Waals surface area (Å²) in [5, 5.41) is 2.73. The minimum absolute atomic E-state index is 0.253. The van der Waals surface area contributed by atoms with E-state index in [1.807, 2.05) is 0 Å². The van der Waals surface area contributed by atoms with Crippen molar-refractivity contribution < 1.29 is 9.53 Å². The monoisotopic (exact) mass is 361 g/mol. The second kappa shape index (κ2) is 15.9. The van der Waals surface area contributed by atoms with Gasteiger partial charge in [-0.25, -0.2) is 4.79 Å². The molecule has 0 N–H and O–H groups in total. The summed E-state index contributed by atoms with van der Waals surface area (Å²) in [5.74, 6) is -0.756. The third kappa shape index (κ3) is 11.8. The number of halogens is 1. The number of hydrogen-bond donors (Lipinski definition) is 0. The third-order valence-corrected chi connectivity index (χ3v) is 4.92. The molecule has 0 bridgehead atoms. The fraction of sp³-hybridized carbons (Fsp3) is 0.947. The average Bonchev–Trinajstić information content (AvgIpc) is 2.61. The van der Waals surface area contributed by atoms with E-state index in [2.05, 4.69) is 16.8 Å². The van der Waals surface area contributed by atoms with Crippen molar-refractivity contribution in [3.8, 4) is 0 Å². The van der Waals surface area contributed by atoms with Crippen LogP contribution in [0.1, 0.15) is 103 Å². The van der Waals surface area contributed by atoms with Crippen molar-refractivity contribution >= 4 is 17.6 Å². The lowest BCUT2D eigenvalue weighted by Gasteiger charge is -2.15. The minimum atomic E-state index is -1.73. The highest BCUT2D eigenvalue weighted by atomic mass is 35.5. The number of nitroso groups, excluding NO2 is 1. The van der Waals surface area contributed by atoms with Crippen molar-refractivity contribution in [3.05, 3.63) is 4.91 Å². The van der Waals surface area contributed by atoms with Gasteiger partial charge < -0.3 is 4.74 Å². The van der Waals surface area contributed by atoms with E-state index in [1.165, 1.54) is 77.7 Å². The van der Waals surface area contributed by atoms with Crippen LogP contribution in [0.3, 0.4) is 0 Å². The number of alkyl halides is 1. The number of methoxy groups -OCH3 is 1. The Morgan fingerprint density at radius 1 is 0.833 bits per heavy atom. The molecule has 0 saturated carbocycles. The van der Waals surface area contributed by atoms with Crippen molar-refractivity contribution in [3.63, 3.8) is 0 Å². The Morgan fingerprint density at radius 3 is 1.54 bits per heavy atom. The molecule has 0 aromatic heterocycles. The molecule has 0 aliphatic heterocycles. The number of nitrogens with zero attached hydrogens (tertiary/aromatic N) is 1. The average molecular weight is 362 g/mol. The number of rotatable bonds is 17. The molecule has 142 valence electrons. The van der Waals surface area contributed by atoms with E-state index in [4.69, 9.17) is 11.6 Å². The van der Waals surface area contributed by atoms with Gasteiger partial charge in [0.05, 0.1) is 7.11 Å². The van der Waals surface area contributed by atoms with Crippen molar-refractivity contribution in [2.75, 3.05) is 7.11 Å². The van der Waals surface area contributed by atoms with Gasteiger partial charge in [-0.1, -0.05) is 102 Å². The van der Waals surface area contributed by atoms with Crippen LogP contribution in [0.2, 0.25) is 0 Å². The van der Waals surface area contributed by atoms with Crippen molar-refractivity contribution in [1.29, 1.82) is 0 Å². The predicted molar refractivity (Wildman–Crippen MR) is 101 cm³/mol. The summed E-state index contributed by atoms with van der Waals surface area (Å²) >= 11 is 5.87. The number of hydrogen-bond acceptors (Lipinski definition) is 4. The fourth-order valence-electron chi connectivity index (χ4n) is 2.90. The molecule has 0 heterocycles. The van der Waals surface area contributed by atoms with E-state index in [0.717, 1.165) is 19.3 Å². The molecule has 0 aromatic rings. The summed E-state index contributed by atoms with van der Waals surface area (Å²) in [6, 6.07) is 0. The zero-order chi connectivity index (χ0) is 18.1. The molecule has 0 amide bonds. The van der Waals surface area contributed by atoms with Gasteiger partial charge in [-0.05, 0) is 11.6 Å². The molecular formula is C19H36ClNO3. The van der Waals surface area contributed by atoms with Crippen molar-refractivity contribution in [2.24, 2.45) is 5.18 Å². The van der Waals surface area contributed by atoms with Gasteiger partial charge in [-0.3, -0.25) is 0 Å². The molecule has 0 saturated heterocycles. The maximum absolute atomic E-state index is 11.4. The molecule has 0 radical (unpaired) electrons. The highest BCUT2D eigenvalue weighted by molar-refractivity contribution is 6.33. The Hall–Kier alpha value is -0.640. The predicted octanol–water partition coefficient (Wildman–Crippen LogP) is 6.73. The Balaban J connectivity index is 3.36. The number of esters is 1. The van der Waals surface area contributed by atoms with Crippen LogP contribution in [0.25, 0.3) is 0 Å². The van der Waals surface area contributed by atoms with Crippen LogP contribution in [-0.2, 0) is 9.53 Å². The van der Waals surface area contributed by atoms with Gasteiger partial charge in [0.15, 0.2) is 0 Å². The largest absolute Gasteiger partial charge is 0.466 e. The van der Waals surface area contributed by atoms with Crippen molar-refractivity contribution in [1.82, 2.24) is 0 Å². The highest BCUT2D eigenvalue weighted by Crippen LogP contribution is 2.26. The van der Waals surface area contributed by atoms with Crippen LogP contribution in [-0.4, -0.2) is 18.1 Å². The fourth-order valence-corrected chi connectivity index (χ4v) is 3.11. The van der Waals surface area contributed by atoms with E-state index in [9.17, 15) is 9.70 Å². The van der Waals surface area contributed by atoms with Crippen LogP contribution in [0.4, 0.5) is 0 Å². The van der Waals surface area contributed by atoms with Gasteiger partial charge in [0.2, 0.25) is 0 Å². The molecule has 1 unspecified atom stereocenters. The van der Waals surface area contributed by atoms with Gasteiger partial charge in [0, 0.05) is 6.42 Å². The van der Waals surface area contributed by atoms with E-state index in [-0.39, 0.29) is 6.42 Å². The van der Waals surface area contributed by atoms with E-state index in [0.29, 0.717) is 0 Å². The lowest BCUT2D eigenvalue weighted by atomic mass is 10.0. The SMILES string of the molecule is CCCCCCCCCCCCCCCCC(Cl)(N=O)C(=O)OC. The molecule has 0 fully saturated rings. The van der Waals surface area contributed by atoms with E-state index < -0.39 is 11.0 Å². The topological polar surface area (TPSA) is 55.7 Å². The maximum atomic E-state index is 11.4. The quantitative estimate of drug-likeness (QED) is 0.0948. The first-order chi connectivity index (χ1) is 11.6. The molecule has 0 aromatic carbocycles. The normalized spacial score (nSPS) is 13.5. The van der Waals surface area contributed by atoms with Crippen molar-refractivity contribution in [2.45, 2.75) is 108 Å². The standard InChI is InChI=1S/C19H36ClNO3/c1-3-4-5-6-7-8-9-10-11-12-13-14-15-16-17-19(20,21-23)18(22)24-2/h3-17H2,1-2H3. The van der Waals surface area contributed by atoms with Crippen LogP contribution >= 0.6 is 11.6 Å².